The smallest absolute Gasteiger partial charge is 0.345 e. The van der Waals surface area contributed by atoms with Gasteiger partial charge in [0.2, 0.25) is 0 Å². The molecule has 3 heterocycles. The third-order valence-electron chi connectivity index (χ3n) is 4.24. The van der Waals surface area contributed by atoms with Crippen LogP contribution < -0.4 is 0 Å². The Labute approximate surface area is 127 Å². The summed E-state index contributed by atoms with van der Waals surface area (Å²) in [4.78, 5) is 19.9. The summed E-state index contributed by atoms with van der Waals surface area (Å²) in [5, 5.41) is 17.9. The normalized spacial score (nSPS) is 23.0. The van der Waals surface area contributed by atoms with Crippen LogP contribution in [0.3, 0.4) is 0 Å². The Morgan fingerprint density at radius 2 is 2.18 bits per heavy atom. The molecule has 1 saturated heterocycles. The van der Waals surface area contributed by atoms with Gasteiger partial charge in [0.1, 0.15) is 12.6 Å². The van der Waals surface area contributed by atoms with Crippen molar-refractivity contribution in [3.63, 3.8) is 0 Å². The van der Waals surface area contributed by atoms with Gasteiger partial charge >= 0.3 is 6.03 Å². The van der Waals surface area contributed by atoms with Crippen LogP contribution in [0.5, 0.6) is 0 Å². The molecule has 7 heteroatoms. The molecule has 2 amide bonds. The number of nitrogens with one attached hydrogen (secondary N) is 1. The number of hydrogen-bond acceptors (Lipinski definition) is 4. The predicted molar refractivity (Wildman–Crippen MR) is 76.3 cm³/mol. The summed E-state index contributed by atoms with van der Waals surface area (Å²) in [5.74, 6) is 0. The van der Waals surface area contributed by atoms with E-state index >= 15 is 0 Å². The second-order valence-corrected chi connectivity index (χ2v) is 5.47. The lowest BCUT2D eigenvalue weighted by Gasteiger charge is -2.28. The zero-order valence-electron chi connectivity index (χ0n) is 11.8. The number of amides is 2. The topological polar surface area (TPSA) is 81.7 Å². The maximum Gasteiger partial charge on any atom is 0.345 e. The Kier molecular flexibility index (Phi) is 3.09. The highest BCUT2D eigenvalue weighted by Gasteiger charge is 2.49. The van der Waals surface area contributed by atoms with Gasteiger partial charge < -0.3 is 10.0 Å². The van der Waals surface area contributed by atoms with E-state index in [-0.39, 0.29) is 24.7 Å². The van der Waals surface area contributed by atoms with Crippen molar-refractivity contribution in [2.24, 2.45) is 0 Å². The van der Waals surface area contributed by atoms with Crippen LogP contribution in [0.25, 0.3) is 0 Å². The second-order valence-electron chi connectivity index (χ2n) is 5.47. The molecule has 2 aliphatic rings. The van der Waals surface area contributed by atoms with Crippen molar-refractivity contribution >= 4 is 6.03 Å². The molecule has 2 bridgehead atoms. The predicted octanol–water partition coefficient (Wildman–Crippen LogP) is 1.37. The third kappa shape index (κ3) is 1.90. The highest BCUT2D eigenvalue weighted by atomic mass is 16.7. The molecule has 1 fully saturated rings. The van der Waals surface area contributed by atoms with E-state index in [1.54, 1.807) is 11.1 Å². The molecule has 0 radical (unpaired) electrons. The number of hydrogen-bond donors (Lipinski definition) is 2. The Morgan fingerprint density at radius 1 is 1.36 bits per heavy atom. The van der Waals surface area contributed by atoms with Crippen LogP contribution in [0.2, 0.25) is 0 Å². The summed E-state index contributed by atoms with van der Waals surface area (Å²) in [7, 11) is 0. The molecule has 1 aromatic heterocycles. The number of rotatable bonds is 4. The first-order valence-corrected chi connectivity index (χ1v) is 7.20. The molecule has 2 atom stereocenters. The average Bonchev–Trinajstić information content (AvgIpc) is 3.13. The summed E-state index contributed by atoms with van der Waals surface area (Å²) in [6, 6.07) is 8.92. The molecule has 2 aromatic rings. The number of fused-ring (bicyclic) bond motifs is 4. The molecular formula is C15H16N4O3. The van der Waals surface area contributed by atoms with Gasteiger partial charge in [0.25, 0.3) is 0 Å². The zero-order chi connectivity index (χ0) is 15.1. The standard InChI is InChI=1S/C15H16N4O3/c20-8-13-14-11(6-16-17-14)12-7-18(13)15(21)19(12)22-9-10-4-2-1-3-5-10/h1-6,12-13,20H,7-9H2,(H,16,17). The van der Waals surface area contributed by atoms with Crippen LogP contribution in [0.1, 0.15) is 28.9 Å². The molecule has 0 spiro atoms. The maximum atomic E-state index is 12.5. The molecule has 114 valence electrons. The van der Waals surface area contributed by atoms with E-state index < -0.39 is 0 Å². The van der Waals surface area contributed by atoms with Crippen LogP contribution in [0, 0.1) is 0 Å². The number of benzene rings is 1. The number of carbonyl (C=O) groups excluding carboxylic acids is 1. The highest BCUT2D eigenvalue weighted by molar-refractivity contribution is 5.78. The Bertz CT molecular complexity index is 687. The first kappa shape index (κ1) is 13.3. The fourth-order valence-electron chi connectivity index (χ4n) is 3.13. The lowest BCUT2D eigenvalue weighted by molar-refractivity contribution is -0.141. The average molecular weight is 300 g/mol. The van der Waals surface area contributed by atoms with Crippen molar-refractivity contribution in [3.05, 3.63) is 53.3 Å². The van der Waals surface area contributed by atoms with Crippen LogP contribution in [-0.4, -0.2) is 44.4 Å². The SMILES string of the molecule is O=C1N2CC(c3cn[nH]c3C2CO)N1OCc1ccccc1. The summed E-state index contributed by atoms with van der Waals surface area (Å²) in [6.45, 7) is 0.694. The number of aromatic nitrogens is 2. The van der Waals surface area contributed by atoms with Gasteiger partial charge in [-0.2, -0.15) is 10.2 Å². The third-order valence-corrected chi connectivity index (χ3v) is 4.24. The van der Waals surface area contributed by atoms with E-state index in [1.165, 1.54) is 5.06 Å². The zero-order valence-corrected chi connectivity index (χ0v) is 11.8. The van der Waals surface area contributed by atoms with Crippen molar-refractivity contribution in [2.45, 2.75) is 18.7 Å². The van der Waals surface area contributed by atoms with Crippen LogP contribution in [-0.2, 0) is 11.4 Å². The van der Waals surface area contributed by atoms with E-state index in [1.807, 2.05) is 30.3 Å². The minimum Gasteiger partial charge on any atom is -0.394 e. The van der Waals surface area contributed by atoms with E-state index in [9.17, 15) is 9.90 Å². The Morgan fingerprint density at radius 3 is 2.95 bits per heavy atom. The number of H-pyrrole nitrogens is 1. The summed E-state index contributed by atoms with van der Waals surface area (Å²) >= 11 is 0. The van der Waals surface area contributed by atoms with E-state index in [0.29, 0.717) is 13.2 Å². The van der Waals surface area contributed by atoms with Crippen LogP contribution >= 0.6 is 0 Å². The number of carbonyl (C=O) groups is 1. The number of nitrogens with zero attached hydrogens (tertiary/aromatic N) is 3. The quantitative estimate of drug-likeness (QED) is 0.893. The Hall–Kier alpha value is -2.38. The monoisotopic (exact) mass is 300 g/mol. The first-order chi connectivity index (χ1) is 10.8. The van der Waals surface area contributed by atoms with Gasteiger partial charge in [-0.05, 0) is 5.56 Å². The lowest BCUT2D eigenvalue weighted by atomic mass is 9.99. The van der Waals surface area contributed by atoms with Gasteiger partial charge in [-0.1, -0.05) is 30.3 Å². The largest absolute Gasteiger partial charge is 0.394 e. The molecule has 2 aliphatic heterocycles. The van der Waals surface area contributed by atoms with Crippen molar-refractivity contribution in [2.75, 3.05) is 13.2 Å². The van der Waals surface area contributed by atoms with E-state index in [2.05, 4.69) is 10.2 Å². The molecular weight excluding hydrogens is 284 g/mol. The van der Waals surface area contributed by atoms with Gasteiger partial charge in [-0.15, -0.1) is 0 Å². The molecule has 1 aromatic carbocycles. The number of hydroxylamine groups is 2. The van der Waals surface area contributed by atoms with Gasteiger partial charge in [0, 0.05) is 5.56 Å². The number of urea groups is 1. The van der Waals surface area contributed by atoms with Gasteiger partial charge in [-0.3, -0.25) is 9.94 Å². The van der Waals surface area contributed by atoms with Crippen molar-refractivity contribution in [1.29, 1.82) is 0 Å². The van der Waals surface area contributed by atoms with Crippen molar-refractivity contribution < 1.29 is 14.7 Å². The summed E-state index contributed by atoms with van der Waals surface area (Å²) in [5.41, 5.74) is 2.70. The van der Waals surface area contributed by atoms with E-state index in [0.717, 1.165) is 16.8 Å². The molecule has 2 N–H and O–H groups in total. The summed E-state index contributed by atoms with van der Waals surface area (Å²) in [6.07, 6.45) is 1.71. The fraction of sp³-hybridized carbons (Fsp3) is 0.333. The minimum absolute atomic E-state index is 0.139. The highest BCUT2D eigenvalue weighted by Crippen LogP contribution is 2.42. The first-order valence-electron chi connectivity index (χ1n) is 7.20. The van der Waals surface area contributed by atoms with Crippen molar-refractivity contribution in [1.82, 2.24) is 20.2 Å². The van der Waals surface area contributed by atoms with Crippen LogP contribution in [0.4, 0.5) is 4.79 Å². The molecule has 7 nitrogen and oxygen atoms in total. The molecule has 0 aliphatic carbocycles. The molecule has 2 unspecified atom stereocenters. The maximum absolute atomic E-state index is 12.5. The van der Waals surface area contributed by atoms with Gasteiger partial charge in [0.15, 0.2) is 0 Å². The van der Waals surface area contributed by atoms with Gasteiger partial charge in [0.05, 0.1) is 31.1 Å². The number of aliphatic hydroxyl groups excluding tert-OH is 1. The summed E-state index contributed by atoms with van der Waals surface area (Å²) < 4.78 is 0. The van der Waals surface area contributed by atoms with Gasteiger partial charge in [-0.25, -0.2) is 4.79 Å². The van der Waals surface area contributed by atoms with Crippen molar-refractivity contribution in [3.8, 4) is 0 Å². The number of aromatic amines is 1. The lowest BCUT2D eigenvalue weighted by Crippen LogP contribution is -2.36. The fourth-order valence-corrected chi connectivity index (χ4v) is 3.13. The second kappa shape index (κ2) is 5.11. The van der Waals surface area contributed by atoms with Crippen LogP contribution in [0.15, 0.2) is 36.5 Å². The molecule has 22 heavy (non-hydrogen) atoms. The molecule has 4 rings (SSSR count). The van der Waals surface area contributed by atoms with E-state index in [4.69, 9.17) is 4.84 Å². The minimum atomic E-state index is -0.383. The Balaban J connectivity index is 1.59. The number of aliphatic hydroxyl groups is 1. The molecule has 0 saturated carbocycles.